The molecule has 2 amide bonds. The van der Waals surface area contributed by atoms with Crippen molar-refractivity contribution in [3.8, 4) is 0 Å². The summed E-state index contributed by atoms with van der Waals surface area (Å²) in [7, 11) is 0. The van der Waals surface area contributed by atoms with Crippen molar-refractivity contribution in [2.45, 2.75) is 26.8 Å². The van der Waals surface area contributed by atoms with Gasteiger partial charge in [0.15, 0.2) is 0 Å². The van der Waals surface area contributed by atoms with Gasteiger partial charge >= 0.3 is 0 Å². The lowest BCUT2D eigenvalue weighted by Crippen LogP contribution is -2.32. The molecule has 1 aromatic heterocycles. The third kappa shape index (κ3) is 4.91. The maximum atomic E-state index is 12.3. The highest BCUT2D eigenvalue weighted by atomic mass is 35.5. The molecule has 0 saturated carbocycles. The van der Waals surface area contributed by atoms with E-state index in [1.807, 2.05) is 32.9 Å². The molecule has 0 aliphatic rings. The molecule has 2 N–H and O–H groups in total. The molecule has 0 aliphatic carbocycles. The minimum atomic E-state index is -0.490. The summed E-state index contributed by atoms with van der Waals surface area (Å²) in [6.07, 6.45) is 1.56. The first kappa shape index (κ1) is 18.2. The van der Waals surface area contributed by atoms with E-state index in [1.54, 1.807) is 23.6 Å². The number of hydrazone groups is 1. The molecule has 5 nitrogen and oxygen atoms in total. The monoisotopic (exact) mass is 363 g/mol. The lowest BCUT2D eigenvalue weighted by molar-refractivity contribution is 0.0914. The molecular weight excluding hydrogens is 346 g/mol. The van der Waals surface area contributed by atoms with Crippen LogP contribution in [0.3, 0.4) is 0 Å². The molecule has 0 saturated heterocycles. The van der Waals surface area contributed by atoms with Gasteiger partial charge in [-0.1, -0.05) is 11.6 Å². The Morgan fingerprint density at radius 3 is 2.54 bits per heavy atom. The first-order chi connectivity index (χ1) is 11.4. The Morgan fingerprint density at radius 2 is 1.92 bits per heavy atom. The quantitative estimate of drug-likeness (QED) is 0.629. The van der Waals surface area contributed by atoms with Crippen LogP contribution in [0.2, 0.25) is 5.02 Å². The average Bonchev–Trinajstić information content (AvgIpc) is 2.91. The van der Waals surface area contributed by atoms with E-state index in [0.29, 0.717) is 5.02 Å². The van der Waals surface area contributed by atoms with Crippen LogP contribution in [-0.2, 0) is 0 Å². The van der Waals surface area contributed by atoms with Gasteiger partial charge in [-0.05, 0) is 51.1 Å². The van der Waals surface area contributed by atoms with E-state index in [4.69, 9.17) is 11.6 Å². The van der Waals surface area contributed by atoms with Crippen LogP contribution in [0, 0.1) is 6.92 Å². The number of halogens is 1. The first-order valence-corrected chi connectivity index (χ1v) is 8.56. The zero-order valence-electron chi connectivity index (χ0n) is 13.6. The fraction of sp³-hybridized carbons (Fsp3) is 0.235. The molecule has 0 unspecified atom stereocenters. The predicted molar refractivity (Wildman–Crippen MR) is 98.2 cm³/mol. The number of aryl methyl sites for hydroxylation is 1. The van der Waals surface area contributed by atoms with Crippen LogP contribution in [-0.4, -0.2) is 24.1 Å². The number of thiophene rings is 1. The van der Waals surface area contributed by atoms with E-state index >= 15 is 0 Å². The van der Waals surface area contributed by atoms with E-state index in [-0.39, 0.29) is 23.1 Å². The van der Waals surface area contributed by atoms with Gasteiger partial charge in [0.25, 0.3) is 11.8 Å². The van der Waals surface area contributed by atoms with Gasteiger partial charge in [-0.3, -0.25) is 9.59 Å². The molecule has 126 valence electrons. The predicted octanol–water partition coefficient (Wildman–Crippen LogP) is 3.61. The van der Waals surface area contributed by atoms with E-state index < -0.39 is 5.91 Å². The van der Waals surface area contributed by atoms with E-state index in [0.717, 1.165) is 9.75 Å². The molecule has 1 heterocycles. The summed E-state index contributed by atoms with van der Waals surface area (Å²) in [6, 6.07) is 8.41. The summed E-state index contributed by atoms with van der Waals surface area (Å²) in [6.45, 7) is 5.69. The average molecular weight is 364 g/mol. The Labute approximate surface area is 149 Å². The number of rotatable bonds is 5. The van der Waals surface area contributed by atoms with Gasteiger partial charge in [-0.2, -0.15) is 5.10 Å². The van der Waals surface area contributed by atoms with Gasteiger partial charge in [0.1, 0.15) is 0 Å². The lowest BCUT2D eigenvalue weighted by atomic mass is 10.1. The van der Waals surface area contributed by atoms with Crippen LogP contribution in [0.25, 0.3) is 0 Å². The molecule has 0 radical (unpaired) electrons. The Bertz CT molecular complexity index is 784. The molecular formula is C17H18ClN3O2S. The van der Waals surface area contributed by atoms with Gasteiger partial charge in [0.05, 0.1) is 17.3 Å². The smallest absolute Gasteiger partial charge is 0.272 e. The molecule has 2 aromatic rings. The van der Waals surface area contributed by atoms with Crippen molar-refractivity contribution in [1.29, 1.82) is 0 Å². The van der Waals surface area contributed by atoms with Crippen molar-refractivity contribution in [2.75, 3.05) is 0 Å². The van der Waals surface area contributed by atoms with Gasteiger partial charge < -0.3 is 5.32 Å². The maximum absolute atomic E-state index is 12.3. The number of carbonyl (C=O) groups excluding carboxylic acids is 2. The third-order valence-electron chi connectivity index (χ3n) is 3.01. The van der Waals surface area contributed by atoms with E-state index in [9.17, 15) is 9.59 Å². The number of carbonyl (C=O) groups is 2. The van der Waals surface area contributed by atoms with Crippen LogP contribution in [0.1, 0.15) is 44.3 Å². The molecule has 0 spiro atoms. The summed E-state index contributed by atoms with van der Waals surface area (Å²) >= 11 is 7.52. The fourth-order valence-corrected chi connectivity index (χ4v) is 2.90. The minimum Gasteiger partial charge on any atom is -0.350 e. The van der Waals surface area contributed by atoms with Gasteiger partial charge in [-0.25, -0.2) is 5.43 Å². The highest BCUT2D eigenvalue weighted by Gasteiger charge is 2.18. The second-order valence-electron chi connectivity index (χ2n) is 5.47. The Morgan fingerprint density at radius 1 is 1.17 bits per heavy atom. The second kappa shape index (κ2) is 8.08. The molecule has 24 heavy (non-hydrogen) atoms. The summed E-state index contributed by atoms with van der Waals surface area (Å²) < 4.78 is 0. The zero-order chi connectivity index (χ0) is 17.7. The summed E-state index contributed by atoms with van der Waals surface area (Å²) in [5, 5.41) is 7.07. The van der Waals surface area contributed by atoms with Gasteiger partial charge in [-0.15, -0.1) is 11.3 Å². The highest BCUT2D eigenvalue weighted by molar-refractivity contribution is 7.13. The van der Waals surface area contributed by atoms with Gasteiger partial charge in [0.2, 0.25) is 0 Å². The largest absolute Gasteiger partial charge is 0.350 e. The molecule has 0 fully saturated rings. The van der Waals surface area contributed by atoms with Crippen LogP contribution < -0.4 is 10.7 Å². The van der Waals surface area contributed by atoms with Crippen molar-refractivity contribution in [2.24, 2.45) is 5.10 Å². The van der Waals surface area contributed by atoms with E-state index in [1.165, 1.54) is 12.1 Å². The molecule has 1 aromatic carbocycles. The molecule has 0 bridgehead atoms. The van der Waals surface area contributed by atoms with Crippen molar-refractivity contribution < 1.29 is 9.59 Å². The Kier molecular flexibility index (Phi) is 6.11. The normalized spacial score (nSPS) is 11.0. The standard InChI is InChI=1S/C17H18ClN3O2S/c1-10(2)20-16(22)14-7-5-12(18)8-15(14)17(23)21-19-9-13-6-4-11(3)24-13/h4-10H,1-3H3,(H,20,22)(H,21,23). The van der Waals surface area contributed by atoms with Crippen LogP contribution >= 0.6 is 22.9 Å². The molecule has 7 heteroatoms. The van der Waals surface area contributed by atoms with Crippen molar-refractivity contribution in [3.63, 3.8) is 0 Å². The summed E-state index contributed by atoms with van der Waals surface area (Å²) in [4.78, 5) is 26.6. The lowest BCUT2D eigenvalue weighted by Gasteiger charge is -2.11. The first-order valence-electron chi connectivity index (χ1n) is 7.37. The van der Waals surface area contributed by atoms with Crippen LogP contribution in [0.15, 0.2) is 35.4 Å². The molecule has 0 atom stereocenters. The maximum Gasteiger partial charge on any atom is 0.272 e. The number of amides is 2. The van der Waals surface area contributed by atoms with Crippen molar-refractivity contribution >= 4 is 41.0 Å². The summed E-state index contributed by atoms with van der Waals surface area (Å²) in [5.74, 6) is -0.819. The van der Waals surface area contributed by atoms with Crippen molar-refractivity contribution in [3.05, 3.63) is 56.2 Å². The van der Waals surface area contributed by atoms with E-state index in [2.05, 4.69) is 15.8 Å². The number of hydrogen-bond donors (Lipinski definition) is 2. The summed E-state index contributed by atoms with van der Waals surface area (Å²) in [5.41, 5.74) is 2.87. The SMILES string of the molecule is Cc1ccc(C=NNC(=O)c2cc(Cl)ccc2C(=O)NC(C)C)s1. The van der Waals surface area contributed by atoms with Crippen LogP contribution in [0.5, 0.6) is 0 Å². The third-order valence-corrected chi connectivity index (χ3v) is 4.18. The number of nitrogens with one attached hydrogen (secondary N) is 2. The fourth-order valence-electron chi connectivity index (χ4n) is 1.98. The van der Waals surface area contributed by atoms with Crippen LogP contribution in [0.4, 0.5) is 0 Å². The Balaban J connectivity index is 2.17. The highest BCUT2D eigenvalue weighted by Crippen LogP contribution is 2.17. The van der Waals surface area contributed by atoms with Crippen molar-refractivity contribution in [1.82, 2.24) is 10.7 Å². The van der Waals surface area contributed by atoms with Gasteiger partial charge in [0, 0.05) is 20.8 Å². The number of nitrogens with zero attached hydrogens (tertiary/aromatic N) is 1. The zero-order valence-corrected chi connectivity index (χ0v) is 15.2. The number of benzene rings is 1. The Hall–Kier alpha value is -2.18. The molecule has 0 aliphatic heterocycles. The molecule has 2 rings (SSSR count). The second-order valence-corrected chi connectivity index (χ2v) is 7.22. The minimum absolute atomic E-state index is 0.0378. The topological polar surface area (TPSA) is 70.6 Å². The number of hydrogen-bond acceptors (Lipinski definition) is 4.